The largest absolute Gasteiger partial charge is 0.413 e. The third kappa shape index (κ3) is 4.76. The van der Waals surface area contributed by atoms with Crippen LogP contribution in [0.1, 0.15) is 20.8 Å². The van der Waals surface area contributed by atoms with Gasteiger partial charge in [-0.1, -0.05) is 23.7 Å². The number of amides is 1. The highest BCUT2D eigenvalue weighted by atomic mass is 35.5. The number of aromatic nitrogens is 1. The molecule has 0 spiro atoms. The molecule has 2 aromatic rings. The van der Waals surface area contributed by atoms with Crippen LogP contribution in [0.15, 0.2) is 42.6 Å². The Bertz CT molecular complexity index is 633. The fraction of sp³-hybridized carbons (Fsp3) is 0.250. The van der Waals surface area contributed by atoms with Gasteiger partial charge in [-0.05, 0) is 56.2 Å². The number of ether oxygens (including phenoxy) is 1. The first kappa shape index (κ1) is 15.3. The van der Waals surface area contributed by atoms with Gasteiger partial charge in [-0.25, -0.2) is 9.78 Å². The van der Waals surface area contributed by atoms with Crippen LogP contribution in [0.3, 0.4) is 0 Å². The van der Waals surface area contributed by atoms with Crippen molar-refractivity contribution in [3.8, 4) is 16.9 Å². The summed E-state index contributed by atoms with van der Waals surface area (Å²) >= 11 is 5.87. The molecular weight excluding hydrogens is 288 g/mol. The molecule has 0 fully saturated rings. The first-order valence-electron chi connectivity index (χ1n) is 6.55. The highest BCUT2D eigenvalue weighted by Gasteiger charge is 2.15. The summed E-state index contributed by atoms with van der Waals surface area (Å²) in [5.74, 6) is 0.487. The predicted octanol–water partition coefficient (Wildman–Crippen LogP) is 4.29. The van der Waals surface area contributed by atoms with Gasteiger partial charge in [-0.15, -0.1) is 0 Å². The number of carbonyl (C=O) groups excluding carboxylic acids is 1. The van der Waals surface area contributed by atoms with E-state index in [4.69, 9.17) is 16.3 Å². The molecule has 1 amide bonds. The number of hydrogen-bond acceptors (Lipinski definition) is 3. The van der Waals surface area contributed by atoms with Crippen molar-refractivity contribution in [3.05, 3.63) is 47.7 Å². The number of rotatable bonds is 2. The zero-order chi connectivity index (χ0) is 15.5. The molecule has 0 saturated carbocycles. The van der Waals surface area contributed by atoms with Gasteiger partial charge < -0.3 is 10.1 Å². The molecule has 1 aromatic heterocycles. The van der Waals surface area contributed by atoms with Gasteiger partial charge in [0.05, 0.1) is 0 Å². The predicted molar refractivity (Wildman–Crippen MR) is 83.6 cm³/mol. The third-order valence-corrected chi connectivity index (χ3v) is 2.81. The summed E-state index contributed by atoms with van der Waals surface area (Å²) in [4.78, 5) is 15.6. The maximum Gasteiger partial charge on any atom is 0.413 e. The quantitative estimate of drug-likeness (QED) is 0.842. The molecule has 21 heavy (non-hydrogen) atoms. The second kappa shape index (κ2) is 6.14. The second-order valence-electron chi connectivity index (χ2n) is 5.66. The molecule has 110 valence electrons. The average molecular weight is 305 g/mol. The van der Waals surface area contributed by atoms with Gasteiger partial charge in [0.15, 0.2) is 0 Å². The summed E-state index contributed by atoms with van der Waals surface area (Å²) < 4.78 is 5.22. The van der Waals surface area contributed by atoms with E-state index in [-0.39, 0.29) is 5.54 Å². The van der Waals surface area contributed by atoms with E-state index in [1.54, 1.807) is 24.4 Å². The number of nitrogens with one attached hydrogen (secondary N) is 1. The van der Waals surface area contributed by atoms with Crippen molar-refractivity contribution in [1.82, 2.24) is 10.3 Å². The highest BCUT2D eigenvalue weighted by molar-refractivity contribution is 6.29. The van der Waals surface area contributed by atoms with Crippen LogP contribution in [-0.2, 0) is 0 Å². The zero-order valence-electron chi connectivity index (χ0n) is 12.2. The smallest absolute Gasteiger partial charge is 0.410 e. The Morgan fingerprint density at radius 1 is 1.14 bits per heavy atom. The molecule has 4 nitrogen and oxygen atoms in total. The van der Waals surface area contributed by atoms with Crippen molar-refractivity contribution in [1.29, 1.82) is 0 Å². The minimum atomic E-state index is -0.470. The van der Waals surface area contributed by atoms with E-state index < -0.39 is 6.09 Å². The molecule has 0 unspecified atom stereocenters. The number of hydrogen-bond donors (Lipinski definition) is 1. The van der Waals surface area contributed by atoms with Crippen LogP contribution in [-0.4, -0.2) is 16.6 Å². The minimum absolute atomic E-state index is 0.329. The SMILES string of the molecule is CC(C)(C)NC(=O)Oc1ccc(-c2ccnc(Cl)c2)cc1. The minimum Gasteiger partial charge on any atom is -0.410 e. The topological polar surface area (TPSA) is 51.2 Å². The molecular formula is C16H17ClN2O2. The normalized spacial score (nSPS) is 11.0. The van der Waals surface area contributed by atoms with E-state index in [1.165, 1.54) is 0 Å². The van der Waals surface area contributed by atoms with Crippen molar-refractivity contribution in [2.24, 2.45) is 0 Å². The Labute approximate surface area is 129 Å². The lowest BCUT2D eigenvalue weighted by Gasteiger charge is -2.19. The lowest BCUT2D eigenvalue weighted by molar-refractivity contribution is 0.190. The number of nitrogens with zero attached hydrogens (tertiary/aromatic N) is 1. The highest BCUT2D eigenvalue weighted by Crippen LogP contribution is 2.23. The van der Waals surface area contributed by atoms with Gasteiger partial charge >= 0.3 is 6.09 Å². The van der Waals surface area contributed by atoms with Crippen molar-refractivity contribution in [2.45, 2.75) is 26.3 Å². The standard InChI is InChI=1S/C16H17ClN2O2/c1-16(2,3)19-15(20)21-13-6-4-11(5-7-13)12-8-9-18-14(17)10-12/h4-10H,1-3H3,(H,19,20). The summed E-state index contributed by atoms with van der Waals surface area (Å²) in [6.45, 7) is 5.68. The van der Waals surface area contributed by atoms with E-state index in [0.29, 0.717) is 10.9 Å². The molecule has 0 bridgehead atoms. The van der Waals surface area contributed by atoms with Crippen molar-refractivity contribution in [3.63, 3.8) is 0 Å². The maximum absolute atomic E-state index is 11.7. The molecule has 1 N–H and O–H groups in total. The molecule has 5 heteroatoms. The molecule has 1 aromatic carbocycles. The van der Waals surface area contributed by atoms with Crippen molar-refractivity contribution >= 4 is 17.7 Å². The van der Waals surface area contributed by atoms with Gasteiger partial charge in [0.2, 0.25) is 0 Å². The van der Waals surface area contributed by atoms with Gasteiger partial charge in [-0.2, -0.15) is 0 Å². The van der Waals surface area contributed by atoms with Crippen LogP contribution in [0.25, 0.3) is 11.1 Å². The fourth-order valence-corrected chi connectivity index (χ4v) is 1.91. The Hall–Kier alpha value is -2.07. The summed E-state index contributed by atoms with van der Waals surface area (Å²) in [6, 6.07) is 10.9. The Kier molecular flexibility index (Phi) is 4.48. The zero-order valence-corrected chi connectivity index (χ0v) is 12.9. The van der Waals surface area contributed by atoms with Crippen molar-refractivity contribution in [2.75, 3.05) is 0 Å². The lowest BCUT2D eigenvalue weighted by Crippen LogP contribution is -2.42. The number of benzene rings is 1. The molecule has 0 aliphatic heterocycles. The summed E-state index contributed by atoms with van der Waals surface area (Å²) in [6.07, 6.45) is 1.18. The van der Waals surface area contributed by atoms with Gasteiger partial charge in [-0.3, -0.25) is 0 Å². The lowest BCUT2D eigenvalue weighted by atomic mass is 10.1. The van der Waals surface area contributed by atoms with Crippen LogP contribution in [0.5, 0.6) is 5.75 Å². The van der Waals surface area contributed by atoms with Crippen LogP contribution in [0, 0.1) is 0 Å². The van der Waals surface area contributed by atoms with Crippen LogP contribution in [0.2, 0.25) is 5.15 Å². The summed E-state index contributed by atoms with van der Waals surface area (Å²) in [5.41, 5.74) is 1.61. The molecule has 0 aliphatic rings. The van der Waals surface area contributed by atoms with Gasteiger partial charge in [0.25, 0.3) is 0 Å². The van der Waals surface area contributed by atoms with E-state index >= 15 is 0 Å². The molecule has 1 heterocycles. The monoisotopic (exact) mass is 304 g/mol. The first-order valence-corrected chi connectivity index (χ1v) is 6.93. The van der Waals surface area contributed by atoms with E-state index in [9.17, 15) is 4.79 Å². The van der Waals surface area contributed by atoms with Crippen molar-refractivity contribution < 1.29 is 9.53 Å². The Morgan fingerprint density at radius 3 is 2.38 bits per heavy atom. The van der Waals surface area contributed by atoms with E-state index in [2.05, 4.69) is 10.3 Å². The molecule has 0 aliphatic carbocycles. The maximum atomic E-state index is 11.7. The molecule has 2 rings (SSSR count). The van der Waals surface area contributed by atoms with E-state index in [1.807, 2.05) is 39.0 Å². The van der Waals surface area contributed by atoms with Crippen LogP contribution >= 0.6 is 11.6 Å². The average Bonchev–Trinajstić information content (AvgIpc) is 2.37. The Balaban J connectivity index is 2.07. The molecule has 0 atom stereocenters. The first-order chi connectivity index (χ1) is 9.83. The Morgan fingerprint density at radius 2 is 1.81 bits per heavy atom. The van der Waals surface area contributed by atoms with Gasteiger partial charge in [0, 0.05) is 11.7 Å². The summed E-state index contributed by atoms with van der Waals surface area (Å²) in [5, 5.41) is 3.18. The van der Waals surface area contributed by atoms with E-state index in [0.717, 1.165) is 11.1 Å². The van der Waals surface area contributed by atoms with Crippen LogP contribution < -0.4 is 10.1 Å². The van der Waals surface area contributed by atoms with Gasteiger partial charge in [0.1, 0.15) is 10.9 Å². The van der Waals surface area contributed by atoms with Crippen LogP contribution in [0.4, 0.5) is 4.79 Å². The molecule has 0 saturated heterocycles. The summed E-state index contributed by atoms with van der Waals surface area (Å²) in [7, 11) is 0. The number of pyridine rings is 1. The fourth-order valence-electron chi connectivity index (χ4n) is 1.74. The second-order valence-corrected chi connectivity index (χ2v) is 6.04. The number of halogens is 1. The third-order valence-electron chi connectivity index (χ3n) is 2.60. The molecule has 0 radical (unpaired) electrons. The number of carbonyl (C=O) groups is 1.